The van der Waals surface area contributed by atoms with Crippen LogP contribution in [-0.2, 0) is 4.79 Å². The van der Waals surface area contributed by atoms with E-state index < -0.39 is 0 Å². The number of carbonyl (C=O) groups is 1. The molecule has 2 aromatic carbocycles. The zero-order valence-corrected chi connectivity index (χ0v) is 18.6. The van der Waals surface area contributed by atoms with Crippen molar-refractivity contribution in [3.8, 4) is 5.75 Å². The van der Waals surface area contributed by atoms with Crippen molar-refractivity contribution < 1.29 is 9.53 Å². The van der Waals surface area contributed by atoms with Gasteiger partial charge in [-0.25, -0.2) is 0 Å². The van der Waals surface area contributed by atoms with E-state index >= 15 is 0 Å². The lowest BCUT2D eigenvalue weighted by Gasteiger charge is -2.30. The van der Waals surface area contributed by atoms with Gasteiger partial charge in [-0.15, -0.1) is 0 Å². The van der Waals surface area contributed by atoms with Crippen LogP contribution in [0.3, 0.4) is 0 Å². The maximum atomic E-state index is 12.9. The molecule has 2 atom stereocenters. The Morgan fingerprint density at radius 3 is 2.33 bits per heavy atom. The third-order valence-electron chi connectivity index (χ3n) is 5.80. The average Bonchev–Trinajstić information content (AvgIpc) is 2.75. The summed E-state index contributed by atoms with van der Waals surface area (Å²) in [5.74, 6) is 2.11. The van der Waals surface area contributed by atoms with Crippen LogP contribution in [0.25, 0.3) is 6.08 Å². The van der Waals surface area contributed by atoms with Gasteiger partial charge in [0.15, 0.2) is 5.78 Å². The highest BCUT2D eigenvalue weighted by Crippen LogP contribution is 2.35. The van der Waals surface area contributed by atoms with Gasteiger partial charge in [0.2, 0.25) is 0 Å². The molecular formula is C27H33NO2. The van der Waals surface area contributed by atoms with Gasteiger partial charge >= 0.3 is 0 Å². The summed E-state index contributed by atoms with van der Waals surface area (Å²) < 4.78 is 5.61. The molecule has 0 aromatic heterocycles. The molecule has 0 unspecified atom stereocenters. The maximum absolute atomic E-state index is 12.9. The number of nitrogens with zero attached hydrogens (tertiary/aromatic N) is 1. The van der Waals surface area contributed by atoms with E-state index in [1.165, 1.54) is 0 Å². The van der Waals surface area contributed by atoms with Crippen molar-refractivity contribution in [3.05, 3.63) is 65.2 Å². The van der Waals surface area contributed by atoms with E-state index in [4.69, 9.17) is 4.74 Å². The molecule has 3 rings (SSSR count). The highest BCUT2D eigenvalue weighted by Gasteiger charge is 2.32. The monoisotopic (exact) mass is 403 g/mol. The highest BCUT2D eigenvalue weighted by atomic mass is 16.5. The lowest BCUT2D eigenvalue weighted by Crippen LogP contribution is -2.30. The number of carbonyl (C=O) groups excluding carboxylic acids is 1. The van der Waals surface area contributed by atoms with E-state index in [2.05, 4.69) is 38.8 Å². The first kappa shape index (κ1) is 22.0. The number of rotatable bonds is 7. The van der Waals surface area contributed by atoms with Gasteiger partial charge in [-0.3, -0.25) is 9.79 Å². The molecule has 0 saturated heterocycles. The van der Waals surface area contributed by atoms with Crippen LogP contribution in [0.2, 0.25) is 0 Å². The molecule has 1 aliphatic carbocycles. The Morgan fingerprint density at radius 2 is 1.70 bits per heavy atom. The van der Waals surface area contributed by atoms with Crippen LogP contribution in [0.5, 0.6) is 5.75 Å². The van der Waals surface area contributed by atoms with Gasteiger partial charge in [0.25, 0.3) is 0 Å². The molecule has 3 heteroatoms. The molecule has 0 radical (unpaired) electrons. The second kappa shape index (κ2) is 10.4. The van der Waals surface area contributed by atoms with Crippen LogP contribution in [0, 0.1) is 17.8 Å². The Hall–Kier alpha value is -2.68. The molecule has 0 aliphatic heterocycles. The fourth-order valence-corrected chi connectivity index (χ4v) is 3.88. The fraction of sp³-hybridized carbons (Fsp3) is 0.407. The molecular weight excluding hydrogens is 370 g/mol. The maximum Gasteiger partial charge on any atom is 0.162 e. The van der Waals surface area contributed by atoms with Crippen LogP contribution in [-0.4, -0.2) is 18.6 Å². The molecule has 3 nitrogen and oxygen atoms in total. The predicted octanol–water partition coefficient (Wildman–Crippen LogP) is 6.88. The fourth-order valence-electron chi connectivity index (χ4n) is 3.88. The summed E-state index contributed by atoms with van der Waals surface area (Å²) in [5.41, 5.74) is 3.96. The summed E-state index contributed by atoms with van der Waals surface area (Å²) in [7, 11) is 0. The Labute approximate surface area is 180 Å². The summed E-state index contributed by atoms with van der Waals surface area (Å²) in [5, 5.41) is 0. The van der Waals surface area contributed by atoms with E-state index in [1.807, 2.05) is 54.7 Å². The van der Waals surface area contributed by atoms with Gasteiger partial charge < -0.3 is 4.74 Å². The van der Waals surface area contributed by atoms with Crippen molar-refractivity contribution in [3.63, 3.8) is 0 Å². The predicted molar refractivity (Wildman–Crippen MR) is 126 cm³/mol. The third-order valence-corrected chi connectivity index (χ3v) is 5.80. The van der Waals surface area contributed by atoms with Crippen LogP contribution in [0.1, 0.15) is 58.1 Å². The first-order chi connectivity index (χ1) is 14.5. The summed E-state index contributed by atoms with van der Waals surface area (Å²) in [4.78, 5) is 17.5. The van der Waals surface area contributed by atoms with E-state index in [1.54, 1.807) is 0 Å². The number of ketones is 1. The van der Waals surface area contributed by atoms with Crippen molar-refractivity contribution in [2.24, 2.45) is 22.7 Å². The topological polar surface area (TPSA) is 38.7 Å². The molecule has 0 amide bonds. The molecule has 30 heavy (non-hydrogen) atoms. The molecule has 1 fully saturated rings. The molecule has 1 aliphatic rings. The molecule has 0 bridgehead atoms. The van der Waals surface area contributed by atoms with Crippen LogP contribution < -0.4 is 4.74 Å². The largest absolute Gasteiger partial charge is 0.494 e. The molecule has 1 saturated carbocycles. The van der Waals surface area contributed by atoms with Crippen molar-refractivity contribution in [1.29, 1.82) is 0 Å². The number of allylic oxidation sites excluding steroid dienone is 1. The van der Waals surface area contributed by atoms with E-state index in [0.29, 0.717) is 17.6 Å². The van der Waals surface area contributed by atoms with Crippen molar-refractivity contribution >= 4 is 23.8 Å². The van der Waals surface area contributed by atoms with Gasteiger partial charge in [0, 0.05) is 12.1 Å². The Balaban J connectivity index is 1.68. The van der Waals surface area contributed by atoms with Gasteiger partial charge in [-0.1, -0.05) is 39.8 Å². The van der Waals surface area contributed by atoms with Gasteiger partial charge in [-0.05, 0) is 90.3 Å². The highest BCUT2D eigenvalue weighted by molar-refractivity contribution is 6.02. The summed E-state index contributed by atoms with van der Waals surface area (Å²) >= 11 is 0. The Kier molecular flexibility index (Phi) is 7.62. The van der Waals surface area contributed by atoms with Crippen molar-refractivity contribution in [2.75, 3.05) is 6.61 Å². The lowest BCUT2D eigenvalue weighted by atomic mass is 9.73. The second-order valence-electron chi connectivity index (χ2n) is 8.56. The zero-order chi connectivity index (χ0) is 21.5. The van der Waals surface area contributed by atoms with Crippen LogP contribution in [0.4, 0.5) is 5.69 Å². The zero-order valence-electron chi connectivity index (χ0n) is 18.6. The number of aliphatic imine (C=N–C) groups is 1. The van der Waals surface area contributed by atoms with Gasteiger partial charge in [-0.2, -0.15) is 0 Å². The summed E-state index contributed by atoms with van der Waals surface area (Å²) in [6, 6.07) is 16.0. The summed E-state index contributed by atoms with van der Waals surface area (Å²) in [6.45, 7) is 9.29. The van der Waals surface area contributed by atoms with Crippen LogP contribution >= 0.6 is 0 Å². The van der Waals surface area contributed by atoms with Gasteiger partial charge in [0.1, 0.15) is 5.75 Å². The number of hydrogen-bond donors (Lipinski definition) is 0. The minimum absolute atomic E-state index is 0.162. The van der Waals surface area contributed by atoms with Crippen molar-refractivity contribution in [2.45, 2.75) is 47.0 Å². The van der Waals surface area contributed by atoms with Crippen LogP contribution in [0.15, 0.2) is 59.1 Å². The number of Topliss-reactive ketones (excluding diaryl/α,β-unsaturated/α-hetero) is 1. The number of hydrogen-bond acceptors (Lipinski definition) is 3. The Bertz CT molecular complexity index is 891. The first-order valence-electron chi connectivity index (χ1n) is 11.1. The normalized spacial score (nSPS) is 21.0. The average molecular weight is 404 g/mol. The van der Waals surface area contributed by atoms with Gasteiger partial charge in [0.05, 0.1) is 12.3 Å². The summed E-state index contributed by atoms with van der Waals surface area (Å²) in [6.07, 6.45) is 7.03. The quantitative estimate of drug-likeness (QED) is 0.373. The second-order valence-corrected chi connectivity index (χ2v) is 8.56. The van der Waals surface area contributed by atoms with E-state index in [0.717, 1.165) is 54.0 Å². The minimum Gasteiger partial charge on any atom is -0.494 e. The number of ether oxygens (including phenoxy) is 1. The Morgan fingerprint density at radius 1 is 1.03 bits per heavy atom. The number of benzene rings is 2. The molecule has 0 spiro atoms. The van der Waals surface area contributed by atoms with Crippen molar-refractivity contribution in [1.82, 2.24) is 0 Å². The minimum atomic E-state index is 0.162. The lowest BCUT2D eigenvalue weighted by molar-refractivity contribution is -0.122. The molecule has 2 aromatic rings. The van der Waals surface area contributed by atoms with E-state index in [-0.39, 0.29) is 5.92 Å². The SMILES string of the molecule is CCCOc1ccc(C=Nc2ccc(C=C3C(=O)[C@H](C(C)C)CC[C@@H]3C)cc2)cc1. The standard InChI is InChI=1S/C27H33NO2/c1-5-16-30-24-13-9-22(10-14-24)18-28-23-11-7-21(8-12-23)17-26-20(4)6-15-25(19(2)3)27(26)29/h7-14,17-20,25H,5-6,15-16H2,1-4H3/t20-,25-/m0/s1. The first-order valence-corrected chi connectivity index (χ1v) is 11.1. The third kappa shape index (κ3) is 5.69. The smallest absolute Gasteiger partial charge is 0.162 e. The molecule has 158 valence electrons. The molecule has 0 heterocycles. The molecule has 0 N–H and O–H groups in total. The van der Waals surface area contributed by atoms with E-state index in [9.17, 15) is 4.79 Å².